The van der Waals surface area contributed by atoms with Crippen molar-refractivity contribution in [3.8, 4) is 0 Å². The van der Waals surface area contributed by atoms with Gasteiger partial charge in [0.25, 0.3) is 0 Å². The van der Waals surface area contributed by atoms with Crippen LogP contribution in [0.25, 0.3) is 0 Å². The molecular weight excluding hydrogens is 425 g/mol. The molecule has 5 rings (SSSR count). The summed E-state index contributed by atoms with van der Waals surface area (Å²) >= 11 is 0. The number of Topliss-reactive ketones (excluding diaryl/α,β-unsaturated/α-hetero) is 1. The van der Waals surface area contributed by atoms with Crippen molar-refractivity contribution in [2.75, 3.05) is 26.2 Å². The summed E-state index contributed by atoms with van der Waals surface area (Å²) in [6, 6.07) is 3.86. The second-order valence-electron chi connectivity index (χ2n) is 10.2. The topological polar surface area (TPSA) is 81.2 Å². The predicted octanol–water partition coefficient (Wildman–Crippen LogP) is 3.22. The summed E-state index contributed by atoms with van der Waals surface area (Å²) in [6.07, 6.45) is 3.98. The van der Waals surface area contributed by atoms with Crippen molar-refractivity contribution in [1.82, 2.24) is 14.7 Å². The summed E-state index contributed by atoms with van der Waals surface area (Å²) in [5.41, 5.74) is 1.55. The van der Waals surface area contributed by atoms with Crippen LogP contribution in [0.2, 0.25) is 0 Å². The third-order valence-corrected chi connectivity index (χ3v) is 7.85. The second kappa shape index (κ2) is 8.70. The molecule has 3 atom stereocenters. The Morgan fingerprint density at radius 1 is 1.00 bits per heavy atom. The van der Waals surface area contributed by atoms with Crippen LogP contribution in [-0.2, 0) is 9.59 Å². The fraction of sp³-hybridized carbons (Fsp3) is 0.640. The van der Waals surface area contributed by atoms with E-state index in [4.69, 9.17) is 0 Å². The molecule has 2 aliphatic heterocycles. The van der Waals surface area contributed by atoms with Gasteiger partial charge in [-0.05, 0) is 68.7 Å². The average Bonchev–Trinajstić information content (AvgIpc) is 3.70. The van der Waals surface area contributed by atoms with Gasteiger partial charge in [-0.2, -0.15) is 0 Å². The molecule has 0 aromatic heterocycles. The molecule has 4 fully saturated rings. The first-order chi connectivity index (χ1) is 15.8. The number of benzene rings is 1. The lowest BCUT2D eigenvalue weighted by Crippen LogP contribution is -2.62. The molecule has 2 aliphatic carbocycles. The van der Waals surface area contributed by atoms with Gasteiger partial charge in [0.1, 0.15) is 5.82 Å². The van der Waals surface area contributed by atoms with Crippen molar-refractivity contribution in [3.63, 3.8) is 0 Å². The van der Waals surface area contributed by atoms with Crippen LogP contribution in [-0.4, -0.2) is 75.9 Å². The maximum atomic E-state index is 13.7. The first-order valence-corrected chi connectivity index (χ1v) is 12.2. The highest BCUT2D eigenvalue weighted by atomic mass is 19.1. The van der Waals surface area contributed by atoms with Crippen molar-refractivity contribution in [2.24, 2.45) is 11.8 Å². The van der Waals surface area contributed by atoms with Gasteiger partial charge in [0, 0.05) is 44.1 Å². The third-order valence-electron chi connectivity index (χ3n) is 7.85. The SMILES string of the molecule is Cc1cc(F)ccc1[C@H]1C[C@@H](N2CCN(C(=O)C3CC3)CC2C(=O)C2CC2)CCN1C(=O)O. The summed E-state index contributed by atoms with van der Waals surface area (Å²) < 4.78 is 13.7. The molecule has 0 bridgehead atoms. The minimum Gasteiger partial charge on any atom is -0.465 e. The number of carboxylic acid groups (broad SMARTS) is 1. The summed E-state index contributed by atoms with van der Waals surface area (Å²) in [5, 5.41) is 9.83. The number of halogens is 1. The molecule has 2 heterocycles. The Labute approximate surface area is 193 Å². The molecule has 1 aromatic carbocycles. The van der Waals surface area contributed by atoms with Gasteiger partial charge in [0.15, 0.2) is 5.78 Å². The summed E-state index contributed by atoms with van der Waals surface area (Å²) in [5.74, 6) is 0.319. The molecule has 4 aliphatic rings. The van der Waals surface area contributed by atoms with Gasteiger partial charge >= 0.3 is 6.09 Å². The standard InChI is InChI=1S/C25H32FN3O4/c1-15-12-18(26)6-7-20(15)21-13-19(8-9-29(21)25(32)33)28-11-10-27(24(31)17-4-5-17)14-22(28)23(30)16-2-3-16/h6-7,12,16-17,19,21-22H,2-5,8-11,13-14H2,1H3,(H,32,33)/t19-,21+,22?/m0/s1. The van der Waals surface area contributed by atoms with Crippen LogP contribution in [0, 0.1) is 24.6 Å². The predicted molar refractivity (Wildman–Crippen MR) is 119 cm³/mol. The Morgan fingerprint density at radius 2 is 1.73 bits per heavy atom. The molecule has 0 spiro atoms. The minimum atomic E-state index is -0.979. The second-order valence-corrected chi connectivity index (χ2v) is 10.2. The fourth-order valence-corrected chi connectivity index (χ4v) is 5.70. The third kappa shape index (κ3) is 4.50. The van der Waals surface area contributed by atoms with Gasteiger partial charge < -0.3 is 14.9 Å². The van der Waals surface area contributed by atoms with E-state index in [-0.39, 0.29) is 47.5 Å². The van der Waals surface area contributed by atoms with Crippen molar-refractivity contribution in [1.29, 1.82) is 0 Å². The molecule has 1 unspecified atom stereocenters. The number of rotatable bonds is 5. The van der Waals surface area contributed by atoms with Gasteiger partial charge in [0.2, 0.25) is 5.91 Å². The minimum absolute atomic E-state index is 0.0425. The first-order valence-electron chi connectivity index (χ1n) is 12.2. The Hall–Kier alpha value is -2.48. The van der Waals surface area contributed by atoms with Crippen molar-refractivity contribution in [3.05, 3.63) is 35.1 Å². The van der Waals surface area contributed by atoms with Crippen LogP contribution in [0.4, 0.5) is 9.18 Å². The Balaban J connectivity index is 1.38. The molecule has 1 aromatic rings. The quantitative estimate of drug-likeness (QED) is 0.734. The van der Waals surface area contributed by atoms with Crippen molar-refractivity contribution < 1.29 is 23.9 Å². The van der Waals surface area contributed by atoms with Crippen LogP contribution in [0.15, 0.2) is 18.2 Å². The number of carbonyl (C=O) groups is 3. The molecule has 178 valence electrons. The summed E-state index contributed by atoms with van der Waals surface area (Å²) in [7, 11) is 0. The number of piperazine rings is 1. The van der Waals surface area contributed by atoms with E-state index in [9.17, 15) is 23.9 Å². The number of carbonyl (C=O) groups excluding carboxylic acids is 2. The molecule has 2 saturated carbocycles. The maximum absolute atomic E-state index is 13.7. The van der Waals surface area contributed by atoms with E-state index in [1.54, 1.807) is 6.07 Å². The number of aryl methyl sites for hydroxylation is 1. The highest BCUT2D eigenvalue weighted by Crippen LogP contribution is 2.39. The van der Waals surface area contributed by atoms with Gasteiger partial charge in [-0.25, -0.2) is 9.18 Å². The lowest BCUT2D eigenvalue weighted by atomic mass is 9.87. The van der Waals surface area contributed by atoms with Gasteiger partial charge in [-0.1, -0.05) is 6.07 Å². The largest absolute Gasteiger partial charge is 0.465 e. The number of amides is 2. The first kappa shape index (κ1) is 22.3. The Morgan fingerprint density at radius 3 is 2.36 bits per heavy atom. The molecule has 0 radical (unpaired) electrons. The van der Waals surface area contributed by atoms with E-state index in [1.165, 1.54) is 17.0 Å². The number of likely N-dealkylation sites (tertiary alicyclic amines) is 1. The number of hydrogen-bond donors (Lipinski definition) is 1. The molecule has 2 amide bonds. The molecule has 8 heteroatoms. The Kier molecular flexibility index (Phi) is 5.89. The molecule has 7 nitrogen and oxygen atoms in total. The maximum Gasteiger partial charge on any atom is 0.407 e. The highest BCUT2D eigenvalue weighted by molar-refractivity contribution is 5.90. The number of piperidine rings is 1. The lowest BCUT2D eigenvalue weighted by Gasteiger charge is -2.48. The molecular formula is C25H32FN3O4. The van der Waals surface area contributed by atoms with Crippen molar-refractivity contribution >= 4 is 17.8 Å². The van der Waals surface area contributed by atoms with E-state index in [1.807, 2.05) is 11.8 Å². The van der Waals surface area contributed by atoms with Crippen LogP contribution in [0.3, 0.4) is 0 Å². The van der Waals surface area contributed by atoms with Gasteiger partial charge in [-0.3, -0.25) is 14.5 Å². The highest BCUT2D eigenvalue weighted by Gasteiger charge is 2.46. The van der Waals surface area contributed by atoms with E-state index in [0.717, 1.165) is 36.8 Å². The van der Waals surface area contributed by atoms with E-state index in [2.05, 4.69) is 4.90 Å². The van der Waals surface area contributed by atoms with Crippen molar-refractivity contribution in [2.45, 2.75) is 63.6 Å². The zero-order valence-corrected chi connectivity index (χ0v) is 19.1. The number of nitrogens with zero attached hydrogens (tertiary/aromatic N) is 3. The van der Waals surface area contributed by atoms with E-state index in [0.29, 0.717) is 39.0 Å². The van der Waals surface area contributed by atoms with Crippen LogP contribution >= 0.6 is 0 Å². The van der Waals surface area contributed by atoms with Gasteiger partial charge in [-0.15, -0.1) is 0 Å². The Bertz CT molecular complexity index is 961. The molecule has 2 saturated heterocycles. The van der Waals surface area contributed by atoms with Crippen LogP contribution < -0.4 is 0 Å². The van der Waals surface area contributed by atoms with Crippen LogP contribution in [0.1, 0.15) is 55.7 Å². The normalized spacial score (nSPS) is 28.6. The molecule has 33 heavy (non-hydrogen) atoms. The van der Waals surface area contributed by atoms with E-state index >= 15 is 0 Å². The smallest absolute Gasteiger partial charge is 0.407 e. The van der Waals surface area contributed by atoms with E-state index < -0.39 is 6.09 Å². The van der Waals surface area contributed by atoms with Gasteiger partial charge in [0.05, 0.1) is 12.1 Å². The zero-order chi connectivity index (χ0) is 23.3. The monoisotopic (exact) mass is 457 g/mol. The average molecular weight is 458 g/mol. The zero-order valence-electron chi connectivity index (χ0n) is 19.1. The number of ketones is 1. The number of hydrogen-bond acceptors (Lipinski definition) is 4. The fourth-order valence-electron chi connectivity index (χ4n) is 5.70. The summed E-state index contributed by atoms with van der Waals surface area (Å²) in [4.78, 5) is 43.5. The lowest BCUT2D eigenvalue weighted by molar-refractivity contribution is -0.141. The van der Waals surface area contributed by atoms with Crippen LogP contribution in [0.5, 0.6) is 0 Å². The summed E-state index contributed by atoms with van der Waals surface area (Å²) in [6.45, 7) is 3.87. The molecule has 1 N–H and O–H groups in total.